The summed E-state index contributed by atoms with van der Waals surface area (Å²) >= 11 is 0. The van der Waals surface area contributed by atoms with Gasteiger partial charge >= 0.3 is 0 Å². The van der Waals surface area contributed by atoms with Crippen molar-refractivity contribution in [2.24, 2.45) is 4.99 Å². The lowest BCUT2D eigenvalue weighted by Crippen LogP contribution is -2.53. The maximum absolute atomic E-state index is 12.5. The van der Waals surface area contributed by atoms with Crippen LogP contribution in [0, 0.1) is 6.92 Å². The minimum Gasteiger partial charge on any atom is -0.459 e. The molecule has 0 aliphatic carbocycles. The van der Waals surface area contributed by atoms with E-state index in [1.54, 1.807) is 12.1 Å². The molecule has 1 aliphatic heterocycles. The zero-order valence-electron chi connectivity index (χ0n) is 18.5. The molecular formula is C23H33N5O2. The van der Waals surface area contributed by atoms with Gasteiger partial charge in [0.1, 0.15) is 0 Å². The van der Waals surface area contributed by atoms with Crippen molar-refractivity contribution in [3.63, 3.8) is 0 Å². The van der Waals surface area contributed by atoms with Crippen molar-refractivity contribution in [2.45, 2.75) is 19.9 Å². The van der Waals surface area contributed by atoms with Crippen LogP contribution in [0.5, 0.6) is 0 Å². The molecule has 7 nitrogen and oxygen atoms in total. The molecule has 0 saturated carbocycles. The molecule has 2 heterocycles. The summed E-state index contributed by atoms with van der Waals surface area (Å²) in [7, 11) is 4.18. The van der Waals surface area contributed by atoms with Crippen molar-refractivity contribution < 1.29 is 9.21 Å². The fourth-order valence-corrected chi connectivity index (χ4v) is 3.63. The molecule has 1 aromatic carbocycles. The summed E-state index contributed by atoms with van der Waals surface area (Å²) in [6.07, 6.45) is 1.54. The van der Waals surface area contributed by atoms with Gasteiger partial charge in [0.05, 0.1) is 18.8 Å². The van der Waals surface area contributed by atoms with Gasteiger partial charge in [0.2, 0.25) is 0 Å². The second-order valence-electron chi connectivity index (χ2n) is 7.84. The molecular weight excluding hydrogens is 378 g/mol. The Morgan fingerprint density at radius 2 is 1.80 bits per heavy atom. The Hall–Kier alpha value is -2.80. The number of nitrogens with zero attached hydrogens (tertiary/aromatic N) is 4. The fourth-order valence-electron chi connectivity index (χ4n) is 3.63. The lowest BCUT2D eigenvalue weighted by atomic mass is 10.0. The number of hydrogen-bond donors (Lipinski definition) is 1. The van der Waals surface area contributed by atoms with Crippen molar-refractivity contribution in [1.29, 1.82) is 0 Å². The largest absolute Gasteiger partial charge is 0.459 e. The maximum Gasteiger partial charge on any atom is 0.289 e. The third-order valence-electron chi connectivity index (χ3n) is 5.43. The number of aliphatic imine (C=N–C) groups is 1. The van der Waals surface area contributed by atoms with Crippen molar-refractivity contribution in [3.8, 4) is 0 Å². The molecule has 1 N–H and O–H groups in total. The number of guanidine groups is 1. The number of hydrogen-bond acceptors (Lipinski definition) is 4. The molecule has 1 aliphatic rings. The van der Waals surface area contributed by atoms with E-state index in [2.05, 4.69) is 67.3 Å². The number of carbonyl (C=O) groups excluding carboxylic acids is 1. The van der Waals surface area contributed by atoms with Gasteiger partial charge in [0.25, 0.3) is 5.91 Å². The highest BCUT2D eigenvalue weighted by Crippen LogP contribution is 2.19. The van der Waals surface area contributed by atoms with Crippen molar-refractivity contribution in [3.05, 3.63) is 59.5 Å². The number of benzene rings is 1. The first-order valence-electron chi connectivity index (χ1n) is 10.6. The smallest absolute Gasteiger partial charge is 0.289 e. The Balaban J connectivity index is 1.65. The topological polar surface area (TPSA) is 64.3 Å². The summed E-state index contributed by atoms with van der Waals surface area (Å²) < 4.78 is 5.25. The highest BCUT2D eigenvalue weighted by molar-refractivity contribution is 5.91. The van der Waals surface area contributed by atoms with Crippen molar-refractivity contribution in [1.82, 2.24) is 20.0 Å². The van der Waals surface area contributed by atoms with Gasteiger partial charge < -0.3 is 24.4 Å². The van der Waals surface area contributed by atoms with E-state index in [0.717, 1.165) is 25.6 Å². The standard InChI is InChI=1S/C23H33N5O2/c1-5-24-23(25-17-20(26(3)4)19-10-8-18(2)9-11-19)28-14-12-27(13-15-28)22(29)21-7-6-16-30-21/h6-11,16,20H,5,12-15,17H2,1-4H3,(H,24,25). The molecule has 162 valence electrons. The number of likely N-dealkylation sites (N-methyl/N-ethyl adjacent to an activating group) is 1. The summed E-state index contributed by atoms with van der Waals surface area (Å²) in [6.45, 7) is 8.45. The van der Waals surface area contributed by atoms with E-state index < -0.39 is 0 Å². The van der Waals surface area contributed by atoms with Gasteiger partial charge in [-0.3, -0.25) is 9.79 Å². The molecule has 7 heteroatoms. The van der Waals surface area contributed by atoms with E-state index in [1.807, 2.05) is 4.90 Å². The van der Waals surface area contributed by atoms with Gasteiger partial charge in [-0.15, -0.1) is 0 Å². The fraction of sp³-hybridized carbons (Fsp3) is 0.478. The number of carbonyl (C=O) groups is 1. The summed E-state index contributed by atoms with van der Waals surface area (Å²) in [6, 6.07) is 12.3. The minimum atomic E-state index is -0.0476. The molecule has 1 saturated heterocycles. The highest BCUT2D eigenvalue weighted by Gasteiger charge is 2.25. The van der Waals surface area contributed by atoms with Crippen LogP contribution in [0.25, 0.3) is 0 Å². The molecule has 0 bridgehead atoms. The number of rotatable bonds is 6. The van der Waals surface area contributed by atoms with E-state index in [-0.39, 0.29) is 11.9 Å². The van der Waals surface area contributed by atoms with E-state index >= 15 is 0 Å². The van der Waals surface area contributed by atoms with Crippen LogP contribution >= 0.6 is 0 Å². The molecule has 1 unspecified atom stereocenters. The molecule has 1 atom stereocenters. The Kier molecular flexibility index (Phi) is 7.52. The Bertz CT molecular complexity index is 822. The van der Waals surface area contributed by atoms with E-state index in [4.69, 9.17) is 9.41 Å². The SMILES string of the molecule is CCNC(=NCC(c1ccc(C)cc1)N(C)C)N1CCN(C(=O)c2ccco2)CC1. The predicted octanol–water partition coefficient (Wildman–Crippen LogP) is 2.61. The Morgan fingerprint density at radius 1 is 1.13 bits per heavy atom. The van der Waals surface area contributed by atoms with Gasteiger partial charge in [-0.25, -0.2) is 0 Å². The Labute approximate surface area is 179 Å². The van der Waals surface area contributed by atoms with E-state index in [9.17, 15) is 4.79 Å². The van der Waals surface area contributed by atoms with E-state index in [1.165, 1.54) is 17.4 Å². The molecule has 1 aromatic heterocycles. The average Bonchev–Trinajstić information content (AvgIpc) is 3.29. The second kappa shape index (κ2) is 10.3. The Morgan fingerprint density at radius 3 is 2.37 bits per heavy atom. The lowest BCUT2D eigenvalue weighted by Gasteiger charge is -2.36. The van der Waals surface area contributed by atoms with Crippen LogP contribution in [-0.4, -0.2) is 79.9 Å². The van der Waals surface area contributed by atoms with Gasteiger partial charge in [-0.1, -0.05) is 29.8 Å². The van der Waals surface area contributed by atoms with Gasteiger partial charge in [-0.2, -0.15) is 0 Å². The predicted molar refractivity (Wildman–Crippen MR) is 120 cm³/mol. The summed E-state index contributed by atoms with van der Waals surface area (Å²) in [5.74, 6) is 1.26. The van der Waals surface area contributed by atoms with Crippen molar-refractivity contribution >= 4 is 11.9 Å². The quantitative estimate of drug-likeness (QED) is 0.585. The molecule has 1 amide bonds. The normalized spacial score (nSPS) is 16.1. The van der Waals surface area contributed by atoms with Crippen LogP contribution < -0.4 is 5.32 Å². The lowest BCUT2D eigenvalue weighted by molar-refractivity contribution is 0.0657. The molecule has 3 rings (SSSR count). The zero-order valence-corrected chi connectivity index (χ0v) is 18.5. The average molecular weight is 412 g/mol. The molecule has 30 heavy (non-hydrogen) atoms. The monoisotopic (exact) mass is 411 g/mol. The molecule has 1 fully saturated rings. The van der Waals surface area contributed by atoms with E-state index in [0.29, 0.717) is 25.4 Å². The van der Waals surface area contributed by atoms with Crippen LogP contribution in [0.3, 0.4) is 0 Å². The van der Waals surface area contributed by atoms with Crippen LogP contribution in [0.2, 0.25) is 0 Å². The summed E-state index contributed by atoms with van der Waals surface area (Å²) in [5, 5.41) is 3.41. The second-order valence-corrected chi connectivity index (χ2v) is 7.84. The number of piperazine rings is 1. The number of aryl methyl sites for hydroxylation is 1. The van der Waals surface area contributed by atoms with Crippen LogP contribution in [0.15, 0.2) is 52.1 Å². The van der Waals surface area contributed by atoms with Crippen LogP contribution in [-0.2, 0) is 0 Å². The van der Waals surface area contributed by atoms with Crippen LogP contribution in [0.1, 0.15) is 34.6 Å². The third-order valence-corrected chi connectivity index (χ3v) is 5.43. The number of furan rings is 1. The first-order chi connectivity index (χ1) is 14.5. The zero-order chi connectivity index (χ0) is 21.5. The number of nitrogens with one attached hydrogen (secondary N) is 1. The van der Waals surface area contributed by atoms with Gasteiger partial charge in [0, 0.05) is 32.7 Å². The molecule has 2 aromatic rings. The third kappa shape index (κ3) is 5.42. The van der Waals surface area contributed by atoms with Crippen LogP contribution in [0.4, 0.5) is 0 Å². The maximum atomic E-state index is 12.5. The number of amides is 1. The first kappa shape index (κ1) is 21.9. The summed E-state index contributed by atoms with van der Waals surface area (Å²) in [4.78, 5) is 23.7. The summed E-state index contributed by atoms with van der Waals surface area (Å²) in [5.41, 5.74) is 2.52. The highest BCUT2D eigenvalue weighted by atomic mass is 16.3. The van der Waals surface area contributed by atoms with Gasteiger partial charge in [-0.05, 0) is 45.6 Å². The molecule has 0 spiro atoms. The minimum absolute atomic E-state index is 0.0476. The first-order valence-corrected chi connectivity index (χ1v) is 10.6. The molecule has 0 radical (unpaired) electrons. The van der Waals surface area contributed by atoms with Crippen molar-refractivity contribution in [2.75, 3.05) is 53.4 Å². The van der Waals surface area contributed by atoms with Gasteiger partial charge in [0.15, 0.2) is 11.7 Å².